The van der Waals surface area contributed by atoms with Gasteiger partial charge < -0.3 is 15.8 Å². The number of amidine groups is 1. The number of ether oxygens (including phenoxy) is 1. The summed E-state index contributed by atoms with van der Waals surface area (Å²) in [6, 6.07) is 7.94. The number of nitrogens with zero attached hydrogens (tertiary/aromatic N) is 2. The Hall–Kier alpha value is -2.61. The van der Waals surface area contributed by atoms with Gasteiger partial charge >= 0.3 is 0 Å². The van der Waals surface area contributed by atoms with Crippen LogP contribution in [-0.2, 0) is 5.54 Å². The third-order valence-corrected chi connectivity index (χ3v) is 6.38. The number of benzene rings is 1. The monoisotopic (exact) mass is 400 g/mol. The van der Waals surface area contributed by atoms with Crippen LogP contribution < -0.4 is 15.8 Å². The summed E-state index contributed by atoms with van der Waals surface area (Å²) in [6.45, 7) is 0. The molecule has 0 spiro atoms. The molecule has 2 aromatic rings. The van der Waals surface area contributed by atoms with Crippen molar-refractivity contribution in [1.29, 1.82) is 0 Å². The molecule has 1 aliphatic carbocycles. The van der Waals surface area contributed by atoms with Crippen molar-refractivity contribution in [2.24, 2.45) is 16.6 Å². The lowest BCUT2D eigenvalue weighted by molar-refractivity contribution is 0.101. The molecule has 1 aliphatic heterocycles. The predicted octanol–water partition coefficient (Wildman–Crippen LogP) is 3.54. The molecule has 0 saturated heterocycles. The molecular weight excluding hydrogens is 379 g/mol. The van der Waals surface area contributed by atoms with E-state index in [9.17, 15) is 9.18 Å². The van der Waals surface area contributed by atoms with E-state index in [1.54, 1.807) is 18.2 Å². The number of pyridine rings is 1. The van der Waals surface area contributed by atoms with E-state index < -0.39 is 11.4 Å². The summed E-state index contributed by atoms with van der Waals surface area (Å²) in [7, 11) is 1.48. The quantitative estimate of drug-likeness (QED) is 0.819. The molecular formula is C20H21FN4O2S. The first-order valence-electron chi connectivity index (χ1n) is 9.12. The molecule has 28 heavy (non-hydrogen) atoms. The maximum absolute atomic E-state index is 14.8. The molecule has 2 atom stereocenters. The Labute approximate surface area is 166 Å². The second-order valence-electron chi connectivity index (χ2n) is 6.98. The van der Waals surface area contributed by atoms with Gasteiger partial charge in [0.1, 0.15) is 11.6 Å². The molecule has 1 saturated carbocycles. The summed E-state index contributed by atoms with van der Waals surface area (Å²) in [5, 5.41) is 3.29. The molecule has 4 rings (SSSR count). The number of methoxy groups -OCH3 is 1. The largest absolute Gasteiger partial charge is 0.494 e. The highest BCUT2D eigenvalue weighted by Crippen LogP contribution is 2.51. The number of fused-ring (bicyclic) bond motifs is 1. The summed E-state index contributed by atoms with van der Waals surface area (Å²) in [5.74, 6) is 0.692. The minimum absolute atomic E-state index is 0.170. The van der Waals surface area contributed by atoms with E-state index >= 15 is 0 Å². The third kappa shape index (κ3) is 3.22. The van der Waals surface area contributed by atoms with Crippen LogP contribution in [0.1, 0.15) is 35.3 Å². The number of aliphatic imine (C=N–C) groups is 1. The van der Waals surface area contributed by atoms with Crippen LogP contribution in [0.5, 0.6) is 5.75 Å². The summed E-state index contributed by atoms with van der Waals surface area (Å²) in [4.78, 5) is 21.4. The highest BCUT2D eigenvalue weighted by Gasteiger charge is 2.48. The number of thioether (sulfide) groups is 1. The molecule has 146 valence electrons. The van der Waals surface area contributed by atoms with Gasteiger partial charge in [0.2, 0.25) is 0 Å². The summed E-state index contributed by atoms with van der Waals surface area (Å²) >= 11 is 1.52. The Morgan fingerprint density at radius 1 is 1.43 bits per heavy atom. The number of halogens is 1. The first kappa shape index (κ1) is 18.7. The average Bonchev–Trinajstić information content (AvgIpc) is 3.13. The maximum atomic E-state index is 14.8. The molecule has 0 bridgehead atoms. The van der Waals surface area contributed by atoms with E-state index in [2.05, 4.69) is 15.3 Å². The smallest absolute Gasteiger partial charge is 0.278 e. The Balaban J connectivity index is 1.68. The SMILES string of the molecule is COc1cccnc1C(=O)Nc1ccc(F)c([C@]23CCC[C@H]2CSC(N)=N3)c1. The van der Waals surface area contributed by atoms with E-state index in [0.29, 0.717) is 22.2 Å². The second-order valence-corrected chi connectivity index (χ2v) is 8.02. The minimum Gasteiger partial charge on any atom is -0.494 e. The first-order chi connectivity index (χ1) is 13.5. The average molecular weight is 400 g/mol. The zero-order valence-corrected chi connectivity index (χ0v) is 16.3. The van der Waals surface area contributed by atoms with E-state index in [1.165, 1.54) is 37.2 Å². The van der Waals surface area contributed by atoms with Gasteiger partial charge in [-0.2, -0.15) is 0 Å². The van der Waals surface area contributed by atoms with Crippen molar-refractivity contribution in [2.75, 3.05) is 18.2 Å². The number of carbonyl (C=O) groups excluding carboxylic acids is 1. The van der Waals surface area contributed by atoms with Crippen LogP contribution in [0.4, 0.5) is 10.1 Å². The molecule has 6 nitrogen and oxygen atoms in total. The van der Waals surface area contributed by atoms with Crippen LogP contribution in [0.15, 0.2) is 41.5 Å². The number of rotatable bonds is 4. The van der Waals surface area contributed by atoms with Crippen molar-refractivity contribution in [3.05, 3.63) is 53.6 Å². The number of nitrogens with one attached hydrogen (secondary N) is 1. The molecule has 0 unspecified atom stereocenters. The fraction of sp³-hybridized carbons (Fsp3) is 0.350. The molecule has 2 aliphatic rings. The lowest BCUT2D eigenvalue weighted by atomic mass is 9.81. The fourth-order valence-corrected chi connectivity index (χ4v) is 5.15. The third-order valence-electron chi connectivity index (χ3n) is 5.42. The molecule has 2 heterocycles. The van der Waals surface area contributed by atoms with E-state index in [4.69, 9.17) is 10.5 Å². The van der Waals surface area contributed by atoms with Crippen molar-refractivity contribution in [1.82, 2.24) is 4.98 Å². The standard InChI is InChI=1S/C20H21FN4O2S/c1-27-16-5-3-9-23-17(16)18(26)24-13-6-7-15(21)14(10-13)20-8-2-4-12(20)11-28-19(22)25-20/h3,5-7,9-10,12H,2,4,8,11H2,1H3,(H2,22,25)(H,24,26)/t12-,20-/m0/s1. The second kappa shape index (κ2) is 7.43. The Bertz CT molecular complexity index is 952. The predicted molar refractivity (Wildman–Crippen MR) is 108 cm³/mol. The Morgan fingerprint density at radius 3 is 3.11 bits per heavy atom. The molecule has 1 fully saturated rings. The molecule has 1 aromatic heterocycles. The number of anilines is 1. The number of hydrogen-bond acceptors (Lipinski definition) is 6. The minimum atomic E-state index is -0.650. The van der Waals surface area contributed by atoms with Gasteiger partial charge in [0.05, 0.1) is 12.6 Å². The van der Waals surface area contributed by atoms with Gasteiger partial charge in [-0.25, -0.2) is 9.37 Å². The van der Waals surface area contributed by atoms with Gasteiger partial charge in [0.15, 0.2) is 10.9 Å². The zero-order chi connectivity index (χ0) is 19.7. The first-order valence-corrected chi connectivity index (χ1v) is 10.1. The fourth-order valence-electron chi connectivity index (χ4n) is 4.11. The van der Waals surface area contributed by atoms with Crippen molar-refractivity contribution in [3.63, 3.8) is 0 Å². The van der Waals surface area contributed by atoms with Crippen molar-refractivity contribution >= 4 is 28.5 Å². The van der Waals surface area contributed by atoms with Gasteiger partial charge in [-0.05, 0) is 49.1 Å². The maximum Gasteiger partial charge on any atom is 0.278 e. The van der Waals surface area contributed by atoms with Gasteiger partial charge in [-0.3, -0.25) is 9.79 Å². The summed E-state index contributed by atoms with van der Waals surface area (Å²) < 4.78 is 20.0. The van der Waals surface area contributed by atoms with E-state index in [0.717, 1.165) is 25.0 Å². The van der Waals surface area contributed by atoms with Gasteiger partial charge in [0.25, 0.3) is 5.91 Å². The topological polar surface area (TPSA) is 89.6 Å². The lowest BCUT2D eigenvalue weighted by Gasteiger charge is -2.36. The van der Waals surface area contributed by atoms with Gasteiger partial charge in [-0.1, -0.05) is 18.2 Å². The molecule has 0 radical (unpaired) electrons. The number of nitrogens with two attached hydrogens (primary N) is 1. The number of hydrogen-bond donors (Lipinski definition) is 2. The molecule has 1 aromatic carbocycles. The number of carbonyl (C=O) groups is 1. The van der Waals surface area contributed by atoms with Crippen LogP contribution in [0, 0.1) is 11.7 Å². The van der Waals surface area contributed by atoms with Crippen LogP contribution in [0.2, 0.25) is 0 Å². The van der Waals surface area contributed by atoms with Crippen LogP contribution in [0.25, 0.3) is 0 Å². The Kier molecular flexibility index (Phi) is 4.97. The van der Waals surface area contributed by atoms with Crippen molar-refractivity contribution < 1.29 is 13.9 Å². The van der Waals surface area contributed by atoms with E-state index in [1.807, 2.05) is 0 Å². The van der Waals surface area contributed by atoms with E-state index in [-0.39, 0.29) is 17.4 Å². The number of amides is 1. The van der Waals surface area contributed by atoms with Crippen LogP contribution in [0.3, 0.4) is 0 Å². The highest BCUT2D eigenvalue weighted by molar-refractivity contribution is 8.13. The van der Waals surface area contributed by atoms with Crippen molar-refractivity contribution in [2.45, 2.75) is 24.8 Å². The molecule has 1 amide bonds. The molecule has 8 heteroatoms. The normalized spacial score (nSPS) is 23.6. The van der Waals surface area contributed by atoms with Gasteiger partial charge in [0, 0.05) is 23.2 Å². The van der Waals surface area contributed by atoms with Gasteiger partial charge in [-0.15, -0.1) is 0 Å². The zero-order valence-electron chi connectivity index (χ0n) is 15.4. The van der Waals surface area contributed by atoms with Crippen molar-refractivity contribution in [3.8, 4) is 5.75 Å². The van der Waals surface area contributed by atoms with Crippen LogP contribution >= 0.6 is 11.8 Å². The highest BCUT2D eigenvalue weighted by atomic mass is 32.2. The molecule has 3 N–H and O–H groups in total. The number of aromatic nitrogens is 1. The lowest BCUT2D eigenvalue weighted by Crippen LogP contribution is -2.37. The Morgan fingerprint density at radius 2 is 2.29 bits per heavy atom. The summed E-state index contributed by atoms with van der Waals surface area (Å²) in [6.07, 6.45) is 4.24. The van der Waals surface area contributed by atoms with Crippen LogP contribution in [-0.4, -0.2) is 28.9 Å². The summed E-state index contributed by atoms with van der Waals surface area (Å²) in [5.41, 5.74) is 6.49.